The normalized spacial score (nSPS) is 16.9. The SMILES string of the molecule is CC(CC1CCN(C(=O)c2ccc(S(=O)(=O)CC(F)(F)F)cc2C(F)(F)F)CC1)S(=O)(=O)c1cccc(C(F)(F)F)c1. The molecule has 17 heteroatoms. The van der Waals surface area contributed by atoms with E-state index in [4.69, 9.17) is 0 Å². The number of hydrogen-bond acceptors (Lipinski definition) is 5. The number of carbonyl (C=O) groups is 1. The van der Waals surface area contributed by atoms with Crippen LogP contribution in [0.4, 0.5) is 39.5 Å². The van der Waals surface area contributed by atoms with Gasteiger partial charge < -0.3 is 4.90 Å². The number of alkyl halides is 9. The monoisotopic (exact) mass is 653 g/mol. The lowest BCUT2D eigenvalue weighted by Crippen LogP contribution is -2.40. The largest absolute Gasteiger partial charge is 0.417 e. The fourth-order valence-electron chi connectivity index (χ4n) is 4.66. The molecule has 6 nitrogen and oxygen atoms in total. The van der Waals surface area contributed by atoms with Crippen molar-refractivity contribution >= 4 is 25.6 Å². The van der Waals surface area contributed by atoms with Gasteiger partial charge in [-0.1, -0.05) is 6.07 Å². The van der Waals surface area contributed by atoms with Crippen LogP contribution in [0.1, 0.15) is 47.7 Å². The number of nitrogens with zero attached hydrogens (tertiary/aromatic N) is 1. The topological polar surface area (TPSA) is 88.6 Å². The van der Waals surface area contributed by atoms with Crippen molar-refractivity contribution < 1.29 is 61.1 Å². The zero-order valence-electron chi connectivity index (χ0n) is 21.6. The Kier molecular flexibility index (Phi) is 9.38. The van der Waals surface area contributed by atoms with Crippen LogP contribution < -0.4 is 0 Å². The Labute approximate surface area is 235 Å². The Bertz CT molecular complexity index is 1520. The minimum atomic E-state index is -5.28. The first-order valence-electron chi connectivity index (χ1n) is 12.2. The maximum absolute atomic E-state index is 13.7. The highest BCUT2D eigenvalue weighted by Gasteiger charge is 2.41. The van der Waals surface area contributed by atoms with Crippen molar-refractivity contribution in [2.45, 2.75) is 59.8 Å². The number of hydrogen-bond donors (Lipinski definition) is 0. The minimum absolute atomic E-state index is 0.000171. The smallest absolute Gasteiger partial charge is 0.339 e. The molecule has 42 heavy (non-hydrogen) atoms. The van der Waals surface area contributed by atoms with Gasteiger partial charge in [-0.25, -0.2) is 16.8 Å². The van der Waals surface area contributed by atoms with E-state index in [1.165, 1.54) is 6.92 Å². The fraction of sp³-hybridized carbons (Fsp3) is 0.480. The Morgan fingerprint density at radius 2 is 1.45 bits per heavy atom. The molecule has 0 radical (unpaired) electrons. The number of halogens is 9. The second-order valence-corrected chi connectivity index (χ2v) is 14.3. The Morgan fingerprint density at radius 3 is 1.98 bits per heavy atom. The summed E-state index contributed by atoms with van der Waals surface area (Å²) < 4.78 is 168. The molecule has 1 heterocycles. The molecule has 1 unspecified atom stereocenters. The molecule has 2 aromatic rings. The lowest BCUT2D eigenvalue weighted by molar-refractivity contribution is -0.138. The molecule has 1 amide bonds. The summed E-state index contributed by atoms with van der Waals surface area (Å²) in [6.45, 7) is 1.08. The Hall–Kier alpha value is -2.82. The molecule has 2 aromatic carbocycles. The summed E-state index contributed by atoms with van der Waals surface area (Å²) >= 11 is 0. The number of amides is 1. The van der Waals surface area contributed by atoms with E-state index in [-0.39, 0.29) is 44.3 Å². The van der Waals surface area contributed by atoms with Crippen LogP contribution in [0.25, 0.3) is 0 Å². The molecular weight excluding hydrogens is 629 g/mol. The molecule has 0 N–H and O–H groups in total. The van der Waals surface area contributed by atoms with Gasteiger partial charge in [-0.3, -0.25) is 4.79 Å². The second-order valence-electron chi connectivity index (χ2n) is 9.93. The van der Waals surface area contributed by atoms with Crippen LogP contribution in [0.2, 0.25) is 0 Å². The molecular formula is C25H24F9NO5S2. The first-order valence-corrected chi connectivity index (χ1v) is 15.4. The van der Waals surface area contributed by atoms with Gasteiger partial charge in [0.15, 0.2) is 25.4 Å². The van der Waals surface area contributed by atoms with Crippen molar-refractivity contribution in [2.75, 3.05) is 18.8 Å². The van der Waals surface area contributed by atoms with Crippen molar-refractivity contribution in [2.24, 2.45) is 5.92 Å². The van der Waals surface area contributed by atoms with Gasteiger partial charge in [-0.2, -0.15) is 39.5 Å². The standard InChI is InChI=1S/C25H24F9NO5S2/c1-15(42(39,40)19-4-2-3-17(12-19)24(29,30)31)11-16-7-9-35(10-8-16)22(36)20-6-5-18(13-21(20)25(32,33)34)41(37,38)14-23(26,27)28/h2-6,12-13,15-16H,7-11,14H2,1H3. The van der Waals surface area contributed by atoms with Gasteiger partial charge in [0.1, 0.15) is 0 Å². The third kappa shape index (κ3) is 7.96. The number of carbonyl (C=O) groups excluding carboxylic acids is 1. The van der Waals surface area contributed by atoms with Crippen LogP contribution in [0.15, 0.2) is 52.3 Å². The van der Waals surface area contributed by atoms with Crippen LogP contribution in [-0.2, 0) is 32.0 Å². The highest BCUT2D eigenvalue weighted by atomic mass is 32.2. The summed E-state index contributed by atoms with van der Waals surface area (Å²) in [5, 5.41) is -1.11. The summed E-state index contributed by atoms with van der Waals surface area (Å²) in [6.07, 6.45) is -14.9. The van der Waals surface area contributed by atoms with Gasteiger partial charge in [0.05, 0.1) is 31.7 Å². The number of benzene rings is 2. The van der Waals surface area contributed by atoms with Crippen molar-refractivity contribution in [3.63, 3.8) is 0 Å². The van der Waals surface area contributed by atoms with Crippen molar-refractivity contribution in [1.82, 2.24) is 4.90 Å². The molecule has 1 aliphatic rings. The Morgan fingerprint density at radius 1 is 0.857 bits per heavy atom. The van der Waals surface area contributed by atoms with Gasteiger partial charge in [0, 0.05) is 13.1 Å². The van der Waals surface area contributed by atoms with E-state index >= 15 is 0 Å². The molecule has 0 spiro atoms. The molecule has 0 aromatic heterocycles. The van der Waals surface area contributed by atoms with Crippen LogP contribution >= 0.6 is 0 Å². The van der Waals surface area contributed by atoms with E-state index in [2.05, 4.69) is 0 Å². The zero-order chi connectivity index (χ0) is 31.9. The fourth-order valence-corrected chi connectivity index (χ4v) is 7.38. The molecule has 0 bridgehead atoms. The number of sulfone groups is 2. The zero-order valence-corrected chi connectivity index (χ0v) is 23.3. The maximum Gasteiger partial charge on any atom is 0.417 e. The van der Waals surface area contributed by atoms with E-state index < -0.39 is 81.6 Å². The number of piperidine rings is 1. The minimum Gasteiger partial charge on any atom is -0.339 e. The van der Waals surface area contributed by atoms with Crippen molar-refractivity contribution in [3.05, 3.63) is 59.2 Å². The third-order valence-electron chi connectivity index (χ3n) is 6.83. The molecule has 3 rings (SSSR count). The summed E-state index contributed by atoms with van der Waals surface area (Å²) in [5.41, 5.74) is -3.82. The maximum atomic E-state index is 13.7. The lowest BCUT2D eigenvalue weighted by Gasteiger charge is -2.33. The van der Waals surface area contributed by atoms with Gasteiger partial charge in [0.25, 0.3) is 5.91 Å². The van der Waals surface area contributed by atoms with Crippen molar-refractivity contribution in [1.29, 1.82) is 0 Å². The number of likely N-dealkylation sites (tertiary alicyclic amines) is 1. The van der Waals surface area contributed by atoms with E-state index in [0.717, 1.165) is 23.1 Å². The van der Waals surface area contributed by atoms with E-state index in [1.54, 1.807) is 0 Å². The first kappa shape index (κ1) is 33.7. The molecule has 234 valence electrons. The third-order valence-corrected chi connectivity index (χ3v) is 10.7. The second kappa shape index (κ2) is 11.7. The lowest BCUT2D eigenvalue weighted by atomic mass is 9.91. The average Bonchev–Trinajstić information content (AvgIpc) is 2.86. The highest BCUT2D eigenvalue weighted by molar-refractivity contribution is 7.92. The van der Waals surface area contributed by atoms with Gasteiger partial charge in [0.2, 0.25) is 0 Å². The average molecular weight is 654 g/mol. The number of rotatable bonds is 7. The summed E-state index contributed by atoms with van der Waals surface area (Å²) in [5.74, 6) is -3.88. The molecule has 1 fully saturated rings. The molecule has 0 saturated carbocycles. The van der Waals surface area contributed by atoms with E-state index in [9.17, 15) is 61.1 Å². The summed E-state index contributed by atoms with van der Waals surface area (Å²) in [4.78, 5) is 12.2. The predicted molar refractivity (Wildman–Crippen MR) is 131 cm³/mol. The quantitative estimate of drug-likeness (QED) is 0.334. The molecule has 1 aliphatic heterocycles. The van der Waals surface area contributed by atoms with Crippen LogP contribution in [-0.4, -0.2) is 57.9 Å². The van der Waals surface area contributed by atoms with Crippen LogP contribution in [0, 0.1) is 5.92 Å². The summed E-state index contributed by atoms with van der Waals surface area (Å²) in [7, 11) is -9.35. The van der Waals surface area contributed by atoms with Crippen LogP contribution in [0.5, 0.6) is 0 Å². The van der Waals surface area contributed by atoms with Gasteiger partial charge >= 0.3 is 18.5 Å². The molecule has 1 saturated heterocycles. The van der Waals surface area contributed by atoms with Crippen LogP contribution in [0.3, 0.4) is 0 Å². The molecule has 1 atom stereocenters. The van der Waals surface area contributed by atoms with Gasteiger partial charge in [-0.15, -0.1) is 0 Å². The Balaban J connectivity index is 1.73. The van der Waals surface area contributed by atoms with Gasteiger partial charge in [-0.05, 0) is 68.5 Å². The van der Waals surface area contributed by atoms with Crippen molar-refractivity contribution in [3.8, 4) is 0 Å². The van der Waals surface area contributed by atoms with E-state index in [1.807, 2.05) is 0 Å². The highest BCUT2D eigenvalue weighted by Crippen LogP contribution is 2.37. The summed E-state index contributed by atoms with van der Waals surface area (Å²) in [6, 6.07) is 4.27. The van der Waals surface area contributed by atoms with E-state index in [0.29, 0.717) is 18.2 Å². The first-order chi connectivity index (χ1) is 19.0. The molecule has 0 aliphatic carbocycles. The predicted octanol–water partition coefficient (Wildman–Crippen LogP) is 6.16.